The molecule has 2 heterocycles. The van der Waals surface area contributed by atoms with Gasteiger partial charge in [-0.15, -0.1) is 6.54 Å². The van der Waals surface area contributed by atoms with Crippen LogP contribution in [0.5, 0.6) is 0 Å². The van der Waals surface area contributed by atoms with Crippen molar-refractivity contribution >= 4 is 0 Å². The molecule has 3 N–H and O–H groups in total. The molecule has 0 spiro atoms. The molecule has 7 heteroatoms. The van der Waals surface area contributed by atoms with E-state index in [4.69, 9.17) is 5.73 Å². The van der Waals surface area contributed by atoms with Crippen LogP contribution in [0.2, 0.25) is 0 Å². The number of piperidine rings is 1. The zero-order chi connectivity index (χ0) is 14.6. The summed E-state index contributed by atoms with van der Waals surface area (Å²) in [5, 5.41) is 6.54. The van der Waals surface area contributed by atoms with Gasteiger partial charge in [-0.1, -0.05) is 0 Å². The van der Waals surface area contributed by atoms with Gasteiger partial charge in [0.05, 0.1) is 17.3 Å². The first-order valence-electron chi connectivity index (χ1n) is 6.65. The van der Waals surface area contributed by atoms with Gasteiger partial charge in [-0.05, 0) is 38.1 Å². The first kappa shape index (κ1) is 15.2. The Labute approximate surface area is 116 Å². The van der Waals surface area contributed by atoms with E-state index < -0.39 is 11.7 Å². The molecule has 1 aliphatic rings. The van der Waals surface area contributed by atoms with Crippen molar-refractivity contribution in [2.75, 3.05) is 19.6 Å². The maximum Gasteiger partial charge on any atom is 0.417 e. The second kappa shape index (κ2) is 6.51. The molecule has 2 unspecified atom stereocenters. The van der Waals surface area contributed by atoms with E-state index >= 15 is 0 Å². The molecule has 1 saturated heterocycles. The lowest BCUT2D eigenvalue weighted by molar-refractivity contribution is -0.137. The largest absolute Gasteiger partial charge is 0.676 e. The number of halogens is 3. The molecule has 0 saturated carbocycles. The number of hydrogen-bond donors (Lipinski definition) is 2. The van der Waals surface area contributed by atoms with E-state index in [1.54, 1.807) is 0 Å². The number of nitrogens with one attached hydrogen (secondary N) is 3. The fourth-order valence-electron chi connectivity index (χ4n) is 2.38. The summed E-state index contributed by atoms with van der Waals surface area (Å²) in [5.41, 5.74) is 7.03. The number of aromatic nitrogens is 1. The Hall–Kier alpha value is -1.18. The molecular weight excluding hydrogens is 269 g/mol. The summed E-state index contributed by atoms with van der Waals surface area (Å²) < 4.78 is 37.4. The van der Waals surface area contributed by atoms with Crippen LogP contribution >= 0.6 is 0 Å². The molecule has 0 amide bonds. The van der Waals surface area contributed by atoms with Gasteiger partial charge in [-0.2, -0.15) is 13.2 Å². The Morgan fingerprint density at radius 2 is 2.20 bits per heavy atom. The van der Waals surface area contributed by atoms with Crippen molar-refractivity contribution in [1.82, 2.24) is 15.6 Å². The van der Waals surface area contributed by atoms with Crippen molar-refractivity contribution in [2.45, 2.75) is 31.1 Å². The maximum atomic E-state index is 12.5. The number of alkyl halides is 3. The van der Waals surface area contributed by atoms with Crippen LogP contribution in [-0.4, -0.2) is 30.7 Å². The zero-order valence-corrected chi connectivity index (χ0v) is 11.0. The molecule has 0 aliphatic carbocycles. The average Bonchev–Trinajstić information content (AvgIpc) is 2.45. The number of rotatable bonds is 4. The van der Waals surface area contributed by atoms with Gasteiger partial charge < -0.3 is 16.4 Å². The Balaban J connectivity index is 2.00. The normalized spacial score (nSPS) is 23.8. The third-order valence-corrected chi connectivity index (χ3v) is 3.43. The summed E-state index contributed by atoms with van der Waals surface area (Å²) in [4.78, 5) is 3.94. The number of nitrogens with zero attached hydrogens (tertiary/aromatic N) is 1. The highest BCUT2D eigenvalue weighted by atomic mass is 19.4. The van der Waals surface area contributed by atoms with Crippen LogP contribution < -0.4 is 10.6 Å². The van der Waals surface area contributed by atoms with Crippen molar-refractivity contribution in [3.05, 3.63) is 35.3 Å². The average molecular weight is 287 g/mol. The van der Waals surface area contributed by atoms with E-state index in [1.807, 2.05) is 0 Å². The lowest BCUT2D eigenvalue weighted by Crippen LogP contribution is -2.42. The summed E-state index contributed by atoms with van der Waals surface area (Å²) in [5.74, 6) is 0. The van der Waals surface area contributed by atoms with E-state index in [2.05, 4.69) is 15.6 Å². The van der Waals surface area contributed by atoms with Crippen LogP contribution in [0.3, 0.4) is 0 Å². The standard InChI is InChI=1S/C13H18F3N4/c14-13(15,16)9-1-2-11(20-8-9)12-7-10(3-5-19-12)18-6-4-17/h1-2,8,10,12,17-19H,3-7H2/q-1. The highest BCUT2D eigenvalue weighted by molar-refractivity contribution is 5.19. The molecule has 1 aromatic rings. The van der Waals surface area contributed by atoms with Crippen LogP contribution in [0.1, 0.15) is 30.1 Å². The van der Waals surface area contributed by atoms with Gasteiger partial charge in [0, 0.05) is 12.2 Å². The molecular formula is C13H18F3N4-. The predicted octanol–water partition coefficient (Wildman–Crippen LogP) is 2.54. The fourth-order valence-corrected chi connectivity index (χ4v) is 2.38. The molecule has 0 radical (unpaired) electrons. The minimum atomic E-state index is -4.34. The smallest absolute Gasteiger partial charge is 0.417 e. The molecule has 0 bridgehead atoms. The number of hydrogen-bond acceptors (Lipinski definition) is 3. The van der Waals surface area contributed by atoms with Gasteiger partial charge in [-0.25, -0.2) is 0 Å². The van der Waals surface area contributed by atoms with Crippen molar-refractivity contribution in [1.29, 1.82) is 0 Å². The molecule has 0 aromatic carbocycles. The van der Waals surface area contributed by atoms with Gasteiger partial charge >= 0.3 is 6.18 Å². The lowest BCUT2D eigenvalue weighted by Gasteiger charge is -2.31. The van der Waals surface area contributed by atoms with E-state index in [0.29, 0.717) is 18.8 Å². The van der Waals surface area contributed by atoms with Crippen molar-refractivity contribution in [3.8, 4) is 0 Å². The molecule has 112 valence electrons. The van der Waals surface area contributed by atoms with E-state index in [9.17, 15) is 13.2 Å². The highest BCUT2D eigenvalue weighted by Gasteiger charge is 2.31. The quantitative estimate of drug-likeness (QED) is 0.894. The summed E-state index contributed by atoms with van der Waals surface area (Å²) in [6.45, 7) is 1.76. The minimum Gasteiger partial charge on any atom is -0.676 e. The second-order valence-corrected chi connectivity index (χ2v) is 4.90. The first-order valence-corrected chi connectivity index (χ1v) is 6.65. The molecule has 20 heavy (non-hydrogen) atoms. The summed E-state index contributed by atoms with van der Waals surface area (Å²) in [7, 11) is 0. The molecule has 1 aliphatic heterocycles. The van der Waals surface area contributed by atoms with Gasteiger partial charge in [0.2, 0.25) is 0 Å². The zero-order valence-electron chi connectivity index (χ0n) is 11.0. The van der Waals surface area contributed by atoms with E-state index in [0.717, 1.165) is 31.6 Å². The lowest BCUT2D eigenvalue weighted by atomic mass is 9.96. The van der Waals surface area contributed by atoms with Gasteiger partial charge in [0.15, 0.2) is 0 Å². The third kappa shape index (κ3) is 3.91. The monoisotopic (exact) mass is 287 g/mol. The summed E-state index contributed by atoms with van der Waals surface area (Å²) >= 11 is 0. The van der Waals surface area contributed by atoms with Crippen molar-refractivity contribution in [3.63, 3.8) is 0 Å². The second-order valence-electron chi connectivity index (χ2n) is 4.90. The number of pyridine rings is 1. The SMILES string of the molecule is [NH-]CCNC1CCNC(c2ccc(C(F)(F)F)cn2)C1. The Kier molecular flexibility index (Phi) is 4.95. The van der Waals surface area contributed by atoms with E-state index in [1.165, 1.54) is 6.07 Å². The van der Waals surface area contributed by atoms with Gasteiger partial charge in [-0.3, -0.25) is 4.98 Å². The first-order chi connectivity index (χ1) is 9.50. The van der Waals surface area contributed by atoms with Crippen LogP contribution in [0, 0.1) is 0 Å². The highest BCUT2D eigenvalue weighted by Crippen LogP contribution is 2.30. The van der Waals surface area contributed by atoms with Crippen LogP contribution in [-0.2, 0) is 6.18 Å². The van der Waals surface area contributed by atoms with Gasteiger partial charge in [0.25, 0.3) is 0 Å². The molecule has 1 fully saturated rings. The Morgan fingerprint density at radius 1 is 1.40 bits per heavy atom. The topological polar surface area (TPSA) is 60.8 Å². The molecule has 4 nitrogen and oxygen atoms in total. The van der Waals surface area contributed by atoms with Gasteiger partial charge in [0.1, 0.15) is 0 Å². The molecule has 2 rings (SSSR count). The maximum absolute atomic E-state index is 12.5. The molecule has 1 aromatic heterocycles. The third-order valence-electron chi connectivity index (χ3n) is 3.43. The minimum absolute atomic E-state index is 0.0331. The summed E-state index contributed by atoms with van der Waals surface area (Å²) in [6, 6.07) is 2.77. The predicted molar refractivity (Wildman–Crippen MR) is 70.2 cm³/mol. The Morgan fingerprint density at radius 3 is 2.80 bits per heavy atom. The van der Waals surface area contributed by atoms with Crippen LogP contribution in [0.4, 0.5) is 13.2 Å². The summed E-state index contributed by atoms with van der Waals surface area (Å²) in [6.07, 6.45) is -1.73. The van der Waals surface area contributed by atoms with Crippen molar-refractivity contribution in [2.24, 2.45) is 0 Å². The molecule has 2 atom stereocenters. The van der Waals surface area contributed by atoms with Crippen LogP contribution in [0.15, 0.2) is 18.3 Å². The Bertz CT molecular complexity index is 419. The van der Waals surface area contributed by atoms with Crippen molar-refractivity contribution < 1.29 is 13.2 Å². The van der Waals surface area contributed by atoms with E-state index in [-0.39, 0.29) is 12.1 Å². The van der Waals surface area contributed by atoms with Crippen LogP contribution in [0.25, 0.3) is 5.73 Å². The fraction of sp³-hybridized carbons (Fsp3) is 0.615.